The third kappa shape index (κ3) is 3.17. The van der Waals surface area contributed by atoms with Crippen LogP contribution in [-0.2, 0) is 0 Å². The standard InChI is InChI=1S/C19H16FN3OS/c20-14-6-8-15(9-7-14)23-12-10-16(21-23)19(24)22-11-3-13-25-18-5-2-1-4-17(18)22/h1-2,4-10,12H,3,11,13H2. The normalized spacial score (nSPS) is 14.0. The molecule has 1 amide bonds. The summed E-state index contributed by atoms with van der Waals surface area (Å²) in [5.74, 6) is 0.576. The van der Waals surface area contributed by atoms with Gasteiger partial charge in [-0.25, -0.2) is 9.07 Å². The quantitative estimate of drug-likeness (QED) is 0.694. The van der Waals surface area contributed by atoms with Crippen molar-refractivity contribution in [3.63, 3.8) is 0 Å². The molecule has 0 spiro atoms. The minimum atomic E-state index is -0.300. The van der Waals surface area contributed by atoms with Crippen LogP contribution in [0.2, 0.25) is 0 Å². The molecule has 2 aromatic carbocycles. The highest BCUT2D eigenvalue weighted by atomic mass is 32.2. The monoisotopic (exact) mass is 353 g/mol. The molecule has 25 heavy (non-hydrogen) atoms. The highest BCUT2D eigenvalue weighted by molar-refractivity contribution is 7.99. The van der Waals surface area contributed by atoms with Crippen LogP contribution in [-0.4, -0.2) is 28.0 Å². The molecule has 0 unspecified atom stereocenters. The number of rotatable bonds is 2. The summed E-state index contributed by atoms with van der Waals surface area (Å²) in [4.78, 5) is 15.9. The van der Waals surface area contributed by atoms with Crippen LogP contribution < -0.4 is 4.90 Å². The number of carbonyl (C=O) groups is 1. The number of fused-ring (bicyclic) bond motifs is 1. The number of nitrogens with zero attached hydrogens (tertiary/aromatic N) is 3. The van der Waals surface area contributed by atoms with Gasteiger partial charge in [-0.2, -0.15) is 5.10 Å². The maximum Gasteiger partial charge on any atom is 0.278 e. The molecule has 0 saturated heterocycles. The lowest BCUT2D eigenvalue weighted by atomic mass is 10.2. The first-order valence-corrected chi connectivity index (χ1v) is 9.06. The number of halogens is 1. The van der Waals surface area contributed by atoms with Gasteiger partial charge in [0.15, 0.2) is 5.69 Å². The van der Waals surface area contributed by atoms with Crippen molar-refractivity contribution in [3.05, 3.63) is 72.3 Å². The Morgan fingerprint density at radius 2 is 1.88 bits per heavy atom. The molecule has 0 atom stereocenters. The van der Waals surface area contributed by atoms with Crippen LogP contribution in [0.15, 0.2) is 65.7 Å². The molecule has 0 radical (unpaired) electrons. The number of hydrogen-bond acceptors (Lipinski definition) is 3. The lowest BCUT2D eigenvalue weighted by Gasteiger charge is -2.21. The van der Waals surface area contributed by atoms with E-state index in [0.717, 1.165) is 22.8 Å². The van der Waals surface area contributed by atoms with Gasteiger partial charge in [-0.05, 0) is 54.6 Å². The SMILES string of the molecule is O=C(c1ccn(-c2ccc(F)cc2)n1)N1CCCSc2ccccc21. The van der Waals surface area contributed by atoms with Crippen molar-refractivity contribution < 1.29 is 9.18 Å². The van der Waals surface area contributed by atoms with E-state index in [0.29, 0.717) is 17.9 Å². The first-order valence-electron chi connectivity index (χ1n) is 8.08. The Bertz CT molecular complexity index is 907. The molecule has 126 valence electrons. The van der Waals surface area contributed by atoms with Gasteiger partial charge in [0, 0.05) is 17.6 Å². The van der Waals surface area contributed by atoms with E-state index in [1.54, 1.807) is 45.7 Å². The Labute approximate surface area is 149 Å². The van der Waals surface area contributed by atoms with Gasteiger partial charge in [0.1, 0.15) is 5.82 Å². The Balaban J connectivity index is 1.64. The third-order valence-corrected chi connectivity index (χ3v) is 5.23. The molecule has 4 rings (SSSR count). The summed E-state index contributed by atoms with van der Waals surface area (Å²) in [7, 11) is 0. The molecule has 1 aliphatic heterocycles. The van der Waals surface area contributed by atoms with Crippen molar-refractivity contribution in [3.8, 4) is 5.69 Å². The second kappa shape index (κ2) is 6.72. The van der Waals surface area contributed by atoms with Crippen LogP contribution in [0.25, 0.3) is 5.69 Å². The first kappa shape index (κ1) is 15.9. The van der Waals surface area contributed by atoms with Crippen LogP contribution in [0.4, 0.5) is 10.1 Å². The van der Waals surface area contributed by atoms with Crippen molar-refractivity contribution in [2.24, 2.45) is 0 Å². The fourth-order valence-corrected chi connectivity index (χ4v) is 3.85. The zero-order valence-electron chi connectivity index (χ0n) is 13.4. The van der Waals surface area contributed by atoms with Crippen molar-refractivity contribution in [2.75, 3.05) is 17.2 Å². The number of aromatic nitrogens is 2. The average Bonchev–Trinajstić information content (AvgIpc) is 3.03. The zero-order valence-corrected chi connectivity index (χ0v) is 14.2. The van der Waals surface area contributed by atoms with Gasteiger partial charge in [0.05, 0.1) is 11.4 Å². The van der Waals surface area contributed by atoms with E-state index >= 15 is 0 Å². The van der Waals surface area contributed by atoms with Gasteiger partial charge in [-0.15, -0.1) is 11.8 Å². The molecular weight excluding hydrogens is 337 g/mol. The Kier molecular flexibility index (Phi) is 4.28. The van der Waals surface area contributed by atoms with E-state index in [9.17, 15) is 9.18 Å². The summed E-state index contributed by atoms with van der Waals surface area (Å²) in [6.45, 7) is 0.673. The third-order valence-electron chi connectivity index (χ3n) is 4.08. The number of para-hydroxylation sites is 1. The van der Waals surface area contributed by atoms with Crippen LogP contribution in [0.5, 0.6) is 0 Å². The van der Waals surface area contributed by atoms with Crippen LogP contribution >= 0.6 is 11.8 Å². The highest BCUT2D eigenvalue weighted by Gasteiger charge is 2.24. The summed E-state index contributed by atoms with van der Waals surface area (Å²) >= 11 is 1.77. The van der Waals surface area contributed by atoms with E-state index < -0.39 is 0 Å². The van der Waals surface area contributed by atoms with E-state index in [1.165, 1.54) is 12.1 Å². The molecule has 2 heterocycles. The summed E-state index contributed by atoms with van der Waals surface area (Å²) in [6, 6.07) is 15.7. The topological polar surface area (TPSA) is 38.1 Å². The molecule has 3 aromatic rings. The number of hydrogen-bond donors (Lipinski definition) is 0. The minimum absolute atomic E-state index is 0.115. The smallest absolute Gasteiger partial charge is 0.278 e. The Morgan fingerprint density at radius 1 is 1.08 bits per heavy atom. The molecule has 1 aromatic heterocycles. The van der Waals surface area contributed by atoms with E-state index in [4.69, 9.17) is 0 Å². The number of amides is 1. The Morgan fingerprint density at radius 3 is 2.72 bits per heavy atom. The van der Waals surface area contributed by atoms with Gasteiger partial charge >= 0.3 is 0 Å². The van der Waals surface area contributed by atoms with Crippen LogP contribution in [0.3, 0.4) is 0 Å². The fraction of sp³-hybridized carbons (Fsp3) is 0.158. The van der Waals surface area contributed by atoms with Gasteiger partial charge < -0.3 is 4.90 Å². The van der Waals surface area contributed by atoms with Crippen molar-refractivity contribution >= 4 is 23.4 Å². The molecule has 0 aliphatic carbocycles. The summed E-state index contributed by atoms with van der Waals surface area (Å²) in [5, 5.41) is 4.39. The lowest BCUT2D eigenvalue weighted by molar-refractivity contribution is 0.0981. The summed E-state index contributed by atoms with van der Waals surface area (Å²) in [5.41, 5.74) is 2.03. The van der Waals surface area contributed by atoms with Gasteiger partial charge in [-0.3, -0.25) is 4.79 Å². The lowest BCUT2D eigenvalue weighted by Crippen LogP contribution is -2.32. The fourth-order valence-electron chi connectivity index (χ4n) is 2.85. The molecule has 0 bridgehead atoms. The van der Waals surface area contributed by atoms with Crippen LogP contribution in [0, 0.1) is 5.82 Å². The number of anilines is 1. The number of carbonyl (C=O) groups excluding carboxylic acids is 1. The maximum atomic E-state index is 13.1. The average molecular weight is 353 g/mol. The number of benzene rings is 2. The second-order valence-corrected chi connectivity index (χ2v) is 6.89. The summed E-state index contributed by atoms with van der Waals surface area (Å²) < 4.78 is 14.7. The molecular formula is C19H16FN3OS. The van der Waals surface area contributed by atoms with Crippen molar-refractivity contribution in [1.82, 2.24) is 9.78 Å². The van der Waals surface area contributed by atoms with Gasteiger partial charge in [-0.1, -0.05) is 12.1 Å². The van der Waals surface area contributed by atoms with Gasteiger partial charge in [0.2, 0.25) is 0 Å². The van der Waals surface area contributed by atoms with Crippen molar-refractivity contribution in [1.29, 1.82) is 0 Å². The second-order valence-electron chi connectivity index (χ2n) is 5.75. The molecule has 1 aliphatic rings. The minimum Gasteiger partial charge on any atom is -0.306 e. The molecule has 4 nitrogen and oxygen atoms in total. The van der Waals surface area contributed by atoms with Crippen LogP contribution in [0.1, 0.15) is 16.9 Å². The Hall–Kier alpha value is -2.60. The van der Waals surface area contributed by atoms with E-state index in [1.807, 2.05) is 24.3 Å². The molecule has 0 N–H and O–H groups in total. The molecule has 6 heteroatoms. The highest BCUT2D eigenvalue weighted by Crippen LogP contribution is 2.34. The van der Waals surface area contributed by atoms with Crippen molar-refractivity contribution in [2.45, 2.75) is 11.3 Å². The van der Waals surface area contributed by atoms with E-state index in [-0.39, 0.29) is 11.7 Å². The molecule has 0 saturated carbocycles. The number of thioether (sulfide) groups is 1. The first-order chi connectivity index (χ1) is 12.2. The zero-order chi connectivity index (χ0) is 17.2. The largest absolute Gasteiger partial charge is 0.306 e. The predicted molar refractivity (Wildman–Crippen MR) is 97.0 cm³/mol. The van der Waals surface area contributed by atoms with E-state index in [2.05, 4.69) is 5.10 Å². The summed E-state index contributed by atoms with van der Waals surface area (Å²) in [6.07, 6.45) is 2.66. The predicted octanol–water partition coefficient (Wildman–Crippen LogP) is 4.15. The van der Waals surface area contributed by atoms with Gasteiger partial charge in [0.25, 0.3) is 5.91 Å². The maximum absolute atomic E-state index is 13.1. The molecule has 0 fully saturated rings.